The normalized spacial score (nSPS) is 10.4. The summed E-state index contributed by atoms with van der Waals surface area (Å²) in [5.74, 6) is 2.57. The van der Waals surface area contributed by atoms with Gasteiger partial charge in [-0.1, -0.05) is 34.1 Å². The van der Waals surface area contributed by atoms with E-state index in [0.29, 0.717) is 0 Å². The molecule has 0 amide bonds. The summed E-state index contributed by atoms with van der Waals surface area (Å²) in [7, 11) is 2.04. The van der Waals surface area contributed by atoms with Gasteiger partial charge in [0.25, 0.3) is 0 Å². The first-order chi connectivity index (χ1) is 9.60. The number of hydrogen-bond donors (Lipinski definition) is 1. The highest BCUT2D eigenvalue weighted by Crippen LogP contribution is 2.21. The lowest BCUT2D eigenvalue weighted by Gasteiger charge is -2.20. The lowest BCUT2D eigenvalue weighted by atomic mass is 10.2. The van der Waals surface area contributed by atoms with Crippen molar-refractivity contribution in [1.82, 2.24) is 9.97 Å². The van der Waals surface area contributed by atoms with E-state index in [1.54, 1.807) is 0 Å². The van der Waals surface area contributed by atoms with Crippen LogP contribution in [0.5, 0.6) is 0 Å². The molecule has 2 aromatic rings. The average Bonchev–Trinajstić information content (AvgIpc) is 2.41. The summed E-state index contributed by atoms with van der Waals surface area (Å²) in [6.07, 6.45) is 0. The van der Waals surface area contributed by atoms with E-state index in [4.69, 9.17) is 0 Å². The highest BCUT2D eigenvalue weighted by atomic mass is 79.9. The van der Waals surface area contributed by atoms with Gasteiger partial charge in [0.1, 0.15) is 17.5 Å². The Bertz CT molecular complexity index is 586. The first kappa shape index (κ1) is 14.8. The topological polar surface area (TPSA) is 41.0 Å². The number of anilines is 2. The number of nitrogens with one attached hydrogen (secondary N) is 1. The second kappa shape index (κ2) is 6.70. The molecule has 0 aliphatic rings. The summed E-state index contributed by atoms with van der Waals surface area (Å²) in [6.45, 7) is 5.62. The molecule has 0 atom stereocenters. The van der Waals surface area contributed by atoms with E-state index in [1.807, 2.05) is 32.2 Å². The molecular formula is C15H19BrN4. The molecule has 20 heavy (non-hydrogen) atoms. The van der Waals surface area contributed by atoms with Gasteiger partial charge in [0, 0.05) is 30.7 Å². The molecule has 4 nitrogen and oxygen atoms in total. The van der Waals surface area contributed by atoms with E-state index in [2.05, 4.69) is 55.2 Å². The molecule has 0 unspecified atom stereocenters. The van der Waals surface area contributed by atoms with E-state index in [0.717, 1.165) is 35.0 Å². The fourth-order valence-corrected chi connectivity index (χ4v) is 2.39. The Labute approximate surface area is 128 Å². The van der Waals surface area contributed by atoms with E-state index in [-0.39, 0.29) is 0 Å². The summed E-state index contributed by atoms with van der Waals surface area (Å²) in [6, 6.07) is 10.2. The van der Waals surface area contributed by atoms with Gasteiger partial charge in [-0.15, -0.1) is 0 Å². The van der Waals surface area contributed by atoms with Gasteiger partial charge >= 0.3 is 0 Å². The first-order valence-corrected chi connectivity index (χ1v) is 7.43. The molecule has 0 saturated heterocycles. The van der Waals surface area contributed by atoms with Gasteiger partial charge in [0.05, 0.1) is 0 Å². The van der Waals surface area contributed by atoms with Crippen molar-refractivity contribution in [2.75, 3.05) is 23.8 Å². The predicted molar refractivity (Wildman–Crippen MR) is 87.2 cm³/mol. The number of aryl methyl sites for hydroxylation is 1. The van der Waals surface area contributed by atoms with E-state index in [1.165, 1.54) is 5.56 Å². The van der Waals surface area contributed by atoms with Gasteiger partial charge in [0.2, 0.25) is 0 Å². The standard InChI is InChI=1S/C15H19BrN4/c1-4-17-14-9-15(19-11(2)18-14)20(3)10-12-7-5-6-8-13(12)16/h5-9H,4,10H2,1-3H3,(H,17,18,19). The largest absolute Gasteiger partial charge is 0.370 e. The second-order valence-electron chi connectivity index (χ2n) is 4.64. The number of halogens is 1. The fraction of sp³-hybridized carbons (Fsp3) is 0.333. The lowest BCUT2D eigenvalue weighted by molar-refractivity contribution is 0.876. The van der Waals surface area contributed by atoms with Crippen LogP contribution in [0.4, 0.5) is 11.6 Å². The third kappa shape index (κ3) is 3.70. The van der Waals surface area contributed by atoms with E-state index < -0.39 is 0 Å². The van der Waals surface area contributed by atoms with E-state index >= 15 is 0 Å². The maximum Gasteiger partial charge on any atom is 0.134 e. The molecule has 1 aromatic carbocycles. The molecule has 1 heterocycles. The van der Waals surface area contributed by atoms with Crippen molar-refractivity contribution in [3.63, 3.8) is 0 Å². The molecule has 1 N–H and O–H groups in total. The third-order valence-electron chi connectivity index (χ3n) is 2.94. The molecule has 106 valence electrons. The van der Waals surface area contributed by atoms with Crippen molar-refractivity contribution in [2.45, 2.75) is 20.4 Å². The summed E-state index contributed by atoms with van der Waals surface area (Å²) in [4.78, 5) is 11.0. The lowest BCUT2D eigenvalue weighted by Crippen LogP contribution is -2.19. The van der Waals surface area contributed by atoms with Crippen molar-refractivity contribution >= 4 is 27.6 Å². The smallest absolute Gasteiger partial charge is 0.134 e. The third-order valence-corrected chi connectivity index (χ3v) is 3.71. The Morgan fingerprint density at radius 3 is 2.70 bits per heavy atom. The van der Waals surface area contributed by atoms with E-state index in [9.17, 15) is 0 Å². The maximum atomic E-state index is 4.50. The second-order valence-corrected chi connectivity index (χ2v) is 5.49. The molecule has 5 heteroatoms. The summed E-state index contributed by atoms with van der Waals surface area (Å²) < 4.78 is 1.12. The molecule has 0 saturated carbocycles. The Kier molecular flexibility index (Phi) is 4.95. The zero-order valence-electron chi connectivity index (χ0n) is 12.0. The van der Waals surface area contributed by atoms with Gasteiger partial charge in [-0.3, -0.25) is 0 Å². The number of aromatic nitrogens is 2. The molecule has 0 aliphatic carbocycles. The highest BCUT2D eigenvalue weighted by Gasteiger charge is 2.08. The van der Waals surface area contributed by atoms with Crippen LogP contribution in [0.3, 0.4) is 0 Å². The highest BCUT2D eigenvalue weighted by molar-refractivity contribution is 9.10. The molecule has 0 spiro atoms. The van der Waals surface area contributed by atoms with Crippen molar-refractivity contribution in [2.24, 2.45) is 0 Å². The zero-order chi connectivity index (χ0) is 14.5. The molecule has 0 radical (unpaired) electrons. The van der Waals surface area contributed by atoms with Crippen LogP contribution in [0.2, 0.25) is 0 Å². The molecule has 2 rings (SSSR count). The maximum absolute atomic E-state index is 4.50. The van der Waals surface area contributed by atoms with Crippen LogP contribution in [-0.2, 0) is 6.54 Å². The average molecular weight is 335 g/mol. The van der Waals surface area contributed by atoms with Gasteiger partial charge in [-0.05, 0) is 25.5 Å². The monoisotopic (exact) mass is 334 g/mol. The summed E-state index contributed by atoms with van der Waals surface area (Å²) >= 11 is 3.58. The van der Waals surface area contributed by atoms with Crippen LogP contribution in [-0.4, -0.2) is 23.6 Å². The molecule has 0 fully saturated rings. The van der Waals surface area contributed by atoms with Crippen LogP contribution in [0, 0.1) is 6.92 Å². The van der Waals surface area contributed by atoms with Gasteiger partial charge in [-0.2, -0.15) is 0 Å². The van der Waals surface area contributed by atoms with Crippen molar-refractivity contribution in [1.29, 1.82) is 0 Å². The number of nitrogens with zero attached hydrogens (tertiary/aromatic N) is 3. The number of hydrogen-bond acceptors (Lipinski definition) is 4. The number of benzene rings is 1. The first-order valence-electron chi connectivity index (χ1n) is 6.64. The molecule has 0 aliphatic heterocycles. The van der Waals surface area contributed by atoms with Crippen molar-refractivity contribution < 1.29 is 0 Å². The molecular weight excluding hydrogens is 316 g/mol. The molecule has 0 bridgehead atoms. The van der Waals surface area contributed by atoms with Crippen LogP contribution >= 0.6 is 15.9 Å². The Morgan fingerprint density at radius 2 is 2.00 bits per heavy atom. The van der Waals surface area contributed by atoms with Gasteiger partial charge < -0.3 is 10.2 Å². The predicted octanol–water partition coefficient (Wildman–Crippen LogP) is 3.62. The Balaban J connectivity index is 2.20. The summed E-state index contributed by atoms with van der Waals surface area (Å²) in [5.41, 5.74) is 1.23. The van der Waals surface area contributed by atoms with Crippen molar-refractivity contribution in [3.05, 3.63) is 46.2 Å². The van der Waals surface area contributed by atoms with Gasteiger partial charge in [0.15, 0.2) is 0 Å². The molecule has 1 aromatic heterocycles. The fourth-order valence-electron chi connectivity index (χ4n) is 1.98. The van der Waals surface area contributed by atoms with Crippen LogP contribution in [0.15, 0.2) is 34.8 Å². The quantitative estimate of drug-likeness (QED) is 0.906. The van der Waals surface area contributed by atoms with Crippen LogP contribution < -0.4 is 10.2 Å². The van der Waals surface area contributed by atoms with Gasteiger partial charge in [-0.25, -0.2) is 9.97 Å². The SMILES string of the molecule is CCNc1cc(N(C)Cc2ccccc2Br)nc(C)n1. The minimum absolute atomic E-state index is 0.775. The zero-order valence-corrected chi connectivity index (χ0v) is 13.6. The summed E-state index contributed by atoms with van der Waals surface area (Å²) in [5, 5.41) is 3.23. The van der Waals surface area contributed by atoms with Crippen LogP contribution in [0.25, 0.3) is 0 Å². The minimum Gasteiger partial charge on any atom is -0.370 e. The van der Waals surface area contributed by atoms with Crippen molar-refractivity contribution in [3.8, 4) is 0 Å². The number of rotatable bonds is 5. The van der Waals surface area contributed by atoms with Crippen LogP contribution in [0.1, 0.15) is 18.3 Å². The minimum atomic E-state index is 0.775. The Morgan fingerprint density at radius 1 is 1.25 bits per heavy atom. The Hall–Kier alpha value is -1.62.